The van der Waals surface area contributed by atoms with E-state index in [1.54, 1.807) is 0 Å². The van der Waals surface area contributed by atoms with Gasteiger partial charge in [0.1, 0.15) is 16.2 Å². The van der Waals surface area contributed by atoms with Crippen molar-refractivity contribution in [3.05, 3.63) is 16.5 Å². The molecule has 21 heavy (non-hydrogen) atoms. The van der Waals surface area contributed by atoms with Gasteiger partial charge >= 0.3 is 6.18 Å². The molecule has 0 radical (unpaired) electrons. The van der Waals surface area contributed by atoms with Crippen LogP contribution in [0.15, 0.2) is 10.7 Å². The molecule has 4 nitrogen and oxygen atoms in total. The van der Waals surface area contributed by atoms with Crippen molar-refractivity contribution in [2.24, 2.45) is 0 Å². The Labute approximate surface area is 130 Å². The van der Waals surface area contributed by atoms with E-state index in [1.165, 1.54) is 4.90 Å². The third kappa shape index (κ3) is 4.81. The van der Waals surface area contributed by atoms with Crippen molar-refractivity contribution in [1.82, 2.24) is 14.9 Å². The van der Waals surface area contributed by atoms with Crippen LogP contribution in [-0.2, 0) is 0 Å². The highest BCUT2D eigenvalue weighted by atomic mass is 79.9. The molecule has 0 N–H and O–H groups in total. The Morgan fingerprint density at radius 2 is 1.81 bits per heavy atom. The highest BCUT2D eigenvalue weighted by Crippen LogP contribution is 2.23. The summed E-state index contributed by atoms with van der Waals surface area (Å²) in [7, 11) is 0. The Morgan fingerprint density at radius 1 is 1.19 bits per heavy atom. The molecule has 1 saturated heterocycles. The lowest BCUT2D eigenvalue weighted by Gasteiger charge is -2.35. The average Bonchev–Trinajstić information content (AvgIpc) is 2.37. The van der Waals surface area contributed by atoms with E-state index in [1.807, 2.05) is 24.8 Å². The molecule has 0 aliphatic carbocycles. The SMILES string of the molecule is CC(C)c1nc(Br)cc(N2CCN(CC(F)(F)F)CC2)n1. The molecule has 1 aromatic heterocycles. The maximum absolute atomic E-state index is 12.4. The van der Waals surface area contributed by atoms with Crippen LogP contribution in [0.4, 0.5) is 19.0 Å². The van der Waals surface area contributed by atoms with Gasteiger partial charge in [0.05, 0.1) is 6.54 Å². The Bertz CT molecular complexity index is 485. The minimum Gasteiger partial charge on any atom is -0.354 e. The van der Waals surface area contributed by atoms with E-state index in [4.69, 9.17) is 0 Å². The Kier molecular flexibility index (Phi) is 5.08. The number of nitrogens with zero attached hydrogens (tertiary/aromatic N) is 4. The zero-order valence-electron chi connectivity index (χ0n) is 12.0. The minimum absolute atomic E-state index is 0.202. The maximum atomic E-state index is 12.4. The number of piperazine rings is 1. The van der Waals surface area contributed by atoms with Crippen molar-refractivity contribution in [3.63, 3.8) is 0 Å². The lowest BCUT2D eigenvalue weighted by Crippen LogP contribution is -2.49. The molecule has 1 fully saturated rings. The number of aromatic nitrogens is 2. The molecule has 0 saturated carbocycles. The van der Waals surface area contributed by atoms with Crippen molar-refractivity contribution >= 4 is 21.7 Å². The van der Waals surface area contributed by atoms with Crippen molar-refractivity contribution in [1.29, 1.82) is 0 Å². The standard InChI is InChI=1S/C13H18BrF3N4/c1-9(2)12-18-10(14)7-11(19-12)21-5-3-20(4-6-21)8-13(15,16)17/h7,9H,3-6,8H2,1-2H3. The van der Waals surface area contributed by atoms with Crippen LogP contribution < -0.4 is 4.90 Å². The van der Waals surface area contributed by atoms with Crippen LogP contribution in [0.2, 0.25) is 0 Å². The normalized spacial score (nSPS) is 17.6. The number of anilines is 1. The summed E-state index contributed by atoms with van der Waals surface area (Å²) in [4.78, 5) is 12.2. The molecule has 1 aromatic rings. The molecule has 8 heteroatoms. The molecular weight excluding hydrogens is 349 g/mol. The monoisotopic (exact) mass is 366 g/mol. The van der Waals surface area contributed by atoms with Crippen LogP contribution in [0.5, 0.6) is 0 Å². The molecule has 0 amide bonds. The fourth-order valence-electron chi connectivity index (χ4n) is 2.23. The lowest BCUT2D eigenvalue weighted by atomic mass is 10.2. The van der Waals surface area contributed by atoms with Gasteiger partial charge in [-0.05, 0) is 15.9 Å². The molecule has 0 aromatic carbocycles. The highest BCUT2D eigenvalue weighted by molar-refractivity contribution is 9.10. The molecular formula is C13H18BrF3N4. The molecule has 2 rings (SSSR count). The first-order chi connectivity index (χ1) is 9.74. The van der Waals surface area contributed by atoms with Crippen LogP contribution in [0, 0.1) is 0 Å². The number of halogens is 4. The number of rotatable bonds is 3. The molecule has 0 spiro atoms. The smallest absolute Gasteiger partial charge is 0.354 e. The van der Waals surface area contributed by atoms with E-state index >= 15 is 0 Å². The summed E-state index contributed by atoms with van der Waals surface area (Å²) in [6.45, 7) is 5.02. The summed E-state index contributed by atoms with van der Waals surface area (Å²) in [6, 6.07) is 1.81. The Balaban J connectivity index is 2.02. The predicted molar refractivity (Wildman–Crippen MR) is 78.5 cm³/mol. The molecule has 1 aliphatic rings. The number of alkyl halides is 3. The van der Waals surface area contributed by atoms with Gasteiger partial charge in [-0.1, -0.05) is 13.8 Å². The van der Waals surface area contributed by atoms with Gasteiger partial charge in [0.15, 0.2) is 0 Å². The molecule has 0 atom stereocenters. The predicted octanol–water partition coefficient (Wildman–Crippen LogP) is 3.05. The van der Waals surface area contributed by atoms with Crippen molar-refractivity contribution in [3.8, 4) is 0 Å². The Morgan fingerprint density at radius 3 is 2.33 bits per heavy atom. The summed E-state index contributed by atoms with van der Waals surface area (Å²) < 4.78 is 37.8. The van der Waals surface area contributed by atoms with E-state index < -0.39 is 12.7 Å². The van der Waals surface area contributed by atoms with Crippen LogP contribution in [0.25, 0.3) is 0 Å². The van der Waals surface area contributed by atoms with Crippen LogP contribution in [0.1, 0.15) is 25.6 Å². The molecule has 118 valence electrons. The van der Waals surface area contributed by atoms with Crippen LogP contribution in [0.3, 0.4) is 0 Å². The van der Waals surface area contributed by atoms with Gasteiger partial charge in [0.25, 0.3) is 0 Å². The van der Waals surface area contributed by atoms with Gasteiger partial charge in [0, 0.05) is 38.2 Å². The van der Waals surface area contributed by atoms with E-state index in [-0.39, 0.29) is 5.92 Å². The zero-order valence-corrected chi connectivity index (χ0v) is 13.6. The summed E-state index contributed by atoms with van der Waals surface area (Å²) in [5, 5.41) is 0. The third-order valence-electron chi connectivity index (χ3n) is 3.31. The quantitative estimate of drug-likeness (QED) is 0.769. The zero-order chi connectivity index (χ0) is 15.6. The highest BCUT2D eigenvalue weighted by Gasteiger charge is 2.32. The second-order valence-electron chi connectivity index (χ2n) is 5.44. The fourth-order valence-corrected chi connectivity index (χ4v) is 2.62. The van der Waals surface area contributed by atoms with Gasteiger partial charge in [-0.15, -0.1) is 0 Å². The van der Waals surface area contributed by atoms with E-state index in [0.29, 0.717) is 30.8 Å². The lowest BCUT2D eigenvalue weighted by molar-refractivity contribution is -0.146. The molecule has 2 heterocycles. The van der Waals surface area contributed by atoms with Crippen molar-refractivity contribution in [2.75, 3.05) is 37.6 Å². The van der Waals surface area contributed by atoms with Crippen LogP contribution in [-0.4, -0.2) is 53.8 Å². The minimum atomic E-state index is -4.13. The first-order valence-electron chi connectivity index (χ1n) is 6.83. The molecule has 1 aliphatic heterocycles. The number of hydrogen-bond donors (Lipinski definition) is 0. The van der Waals surface area contributed by atoms with E-state index in [2.05, 4.69) is 25.9 Å². The average molecular weight is 367 g/mol. The van der Waals surface area contributed by atoms with E-state index in [0.717, 1.165) is 11.6 Å². The van der Waals surface area contributed by atoms with Gasteiger partial charge in [-0.2, -0.15) is 13.2 Å². The number of hydrogen-bond acceptors (Lipinski definition) is 4. The van der Waals surface area contributed by atoms with Gasteiger partial charge < -0.3 is 4.90 Å². The Hall–Kier alpha value is -0.890. The summed E-state index contributed by atoms with van der Waals surface area (Å²) in [5.41, 5.74) is 0. The maximum Gasteiger partial charge on any atom is 0.401 e. The van der Waals surface area contributed by atoms with Gasteiger partial charge in [-0.3, -0.25) is 4.90 Å². The topological polar surface area (TPSA) is 32.3 Å². The second kappa shape index (κ2) is 6.48. The van der Waals surface area contributed by atoms with Crippen molar-refractivity contribution in [2.45, 2.75) is 25.9 Å². The first kappa shape index (κ1) is 16.5. The summed E-state index contributed by atoms with van der Waals surface area (Å²) in [6.07, 6.45) is -4.13. The van der Waals surface area contributed by atoms with Gasteiger partial charge in [-0.25, -0.2) is 9.97 Å². The fraction of sp³-hybridized carbons (Fsp3) is 0.692. The summed E-state index contributed by atoms with van der Waals surface area (Å²) in [5.74, 6) is 1.71. The van der Waals surface area contributed by atoms with Crippen LogP contribution >= 0.6 is 15.9 Å². The van der Waals surface area contributed by atoms with Gasteiger partial charge in [0.2, 0.25) is 0 Å². The molecule has 0 bridgehead atoms. The van der Waals surface area contributed by atoms with Crippen molar-refractivity contribution < 1.29 is 13.2 Å². The summed E-state index contributed by atoms with van der Waals surface area (Å²) >= 11 is 3.36. The largest absolute Gasteiger partial charge is 0.401 e. The van der Waals surface area contributed by atoms with E-state index in [9.17, 15) is 13.2 Å². The third-order valence-corrected chi connectivity index (χ3v) is 3.72. The molecule has 0 unspecified atom stereocenters. The first-order valence-corrected chi connectivity index (χ1v) is 7.62. The second-order valence-corrected chi connectivity index (χ2v) is 6.25.